The molecule has 1 aliphatic heterocycles. The molecular weight excluding hydrogens is 516 g/mol. The third kappa shape index (κ3) is 7.56. The predicted molar refractivity (Wildman–Crippen MR) is 133 cm³/mol. The monoisotopic (exact) mass is 541 g/mol. The predicted octanol–water partition coefficient (Wildman–Crippen LogP) is 4.50. The molecule has 10 nitrogen and oxygen atoms in total. The fourth-order valence-electron chi connectivity index (χ4n) is 3.97. The van der Waals surface area contributed by atoms with Crippen LogP contribution in [-0.2, 0) is 24.8 Å². The maximum absolute atomic E-state index is 11.9. The van der Waals surface area contributed by atoms with E-state index in [9.17, 15) is 14.0 Å². The average Bonchev–Trinajstić information content (AvgIpc) is 3.26. The Morgan fingerprint density at radius 2 is 1.86 bits per heavy atom. The first-order chi connectivity index (χ1) is 16.6. The molecule has 0 amide bonds. The molecule has 0 bridgehead atoms. The van der Waals surface area contributed by atoms with Crippen LogP contribution in [0, 0.1) is 0 Å². The van der Waals surface area contributed by atoms with E-state index < -0.39 is 27.2 Å². The van der Waals surface area contributed by atoms with E-state index in [0.29, 0.717) is 30.7 Å². The van der Waals surface area contributed by atoms with Crippen molar-refractivity contribution < 1.29 is 33.1 Å². The van der Waals surface area contributed by atoms with Gasteiger partial charge in [-0.25, -0.2) is 9.97 Å². The van der Waals surface area contributed by atoms with Crippen molar-refractivity contribution in [2.24, 2.45) is 0 Å². The average molecular weight is 542 g/mol. The number of fused-ring (bicyclic) bond motifs is 1. The maximum atomic E-state index is 11.9. The molecule has 0 radical (unpaired) electrons. The lowest BCUT2D eigenvalue weighted by Gasteiger charge is -2.17. The van der Waals surface area contributed by atoms with E-state index in [-0.39, 0.29) is 18.0 Å². The van der Waals surface area contributed by atoms with Gasteiger partial charge in [0.25, 0.3) is 0 Å². The molecule has 188 valence electrons. The summed E-state index contributed by atoms with van der Waals surface area (Å²) < 4.78 is 33.7. The molecule has 1 aromatic heterocycles. The zero-order valence-corrected chi connectivity index (χ0v) is 21.2. The van der Waals surface area contributed by atoms with Crippen molar-refractivity contribution in [1.29, 1.82) is 0 Å². The highest BCUT2D eigenvalue weighted by molar-refractivity contribution is 7.70. The van der Waals surface area contributed by atoms with Gasteiger partial charge in [-0.1, -0.05) is 36.4 Å². The molecule has 2 heterocycles. The summed E-state index contributed by atoms with van der Waals surface area (Å²) in [5.74, 6) is -0.576. The van der Waals surface area contributed by atoms with E-state index in [2.05, 4.69) is 27.4 Å². The molecule has 0 saturated carbocycles. The van der Waals surface area contributed by atoms with Crippen LogP contribution in [0.25, 0.3) is 10.9 Å². The lowest BCUT2D eigenvalue weighted by molar-refractivity contribution is 0.0150. The minimum Gasteiger partial charge on any atom is -0.369 e. The van der Waals surface area contributed by atoms with Gasteiger partial charge in [0.15, 0.2) is 5.90 Å². The molecule has 4 rings (SSSR count). The molecule has 1 aliphatic rings. The van der Waals surface area contributed by atoms with Gasteiger partial charge in [0.1, 0.15) is 5.82 Å². The summed E-state index contributed by atoms with van der Waals surface area (Å²) in [7, 11) is -9.08. The Morgan fingerprint density at radius 3 is 2.60 bits per heavy atom. The lowest BCUT2D eigenvalue weighted by Crippen LogP contribution is -2.14. The molecule has 4 N–H and O–H groups in total. The van der Waals surface area contributed by atoms with E-state index in [1.54, 1.807) is 0 Å². The van der Waals surface area contributed by atoms with Crippen molar-refractivity contribution in [1.82, 2.24) is 9.97 Å². The standard InChI is InChI=1S/C22H26ClN3O7P2/c23-22-25-19-12-16(20-9-7-17(33-20)13-32-35(30,31)14-34(27,28)29)6-8-18(19)21(26-22)24-11-10-15-4-2-1-3-5-15/h1-6,8,12,17,20H,7,9-11,13-14H2,(H,30,31)(H,24,25,26)(H2,27,28,29)/t17-,20+/m0/s1. The van der Waals surface area contributed by atoms with Crippen LogP contribution in [0.3, 0.4) is 0 Å². The van der Waals surface area contributed by atoms with Crippen LogP contribution in [0.1, 0.15) is 30.1 Å². The Bertz CT molecular complexity index is 1270. The number of nitrogens with zero attached hydrogens (tertiary/aromatic N) is 2. The first-order valence-electron chi connectivity index (χ1n) is 11.0. The van der Waals surface area contributed by atoms with Gasteiger partial charge in [0, 0.05) is 11.9 Å². The number of benzene rings is 2. The van der Waals surface area contributed by atoms with Crippen molar-refractivity contribution in [3.8, 4) is 0 Å². The number of anilines is 1. The van der Waals surface area contributed by atoms with Crippen LogP contribution < -0.4 is 5.32 Å². The molecule has 1 saturated heterocycles. The van der Waals surface area contributed by atoms with Gasteiger partial charge in [0.05, 0.1) is 24.3 Å². The second-order valence-electron chi connectivity index (χ2n) is 8.34. The Morgan fingerprint density at radius 1 is 1.09 bits per heavy atom. The van der Waals surface area contributed by atoms with Gasteiger partial charge in [-0.3, -0.25) is 9.13 Å². The van der Waals surface area contributed by atoms with E-state index in [1.165, 1.54) is 5.56 Å². The topological polar surface area (TPSA) is 151 Å². The number of ether oxygens (including phenoxy) is 1. The molecule has 3 atom stereocenters. The number of hydrogen-bond donors (Lipinski definition) is 4. The van der Waals surface area contributed by atoms with Crippen LogP contribution in [0.15, 0.2) is 48.5 Å². The maximum Gasteiger partial charge on any atom is 0.340 e. The molecule has 35 heavy (non-hydrogen) atoms. The summed E-state index contributed by atoms with van der Waals surface area (Å²) in [5.41, 5.74) is 2.74. The molecule has 3 aromatic rings. The van der Waals surface area contributed by atoms with Gasteiger partial charge >= 0.3 is 15.2 Å². The van der Waals surface area contributed by atoms with E-state index in [0.717, 1.165) is 17.4 Å². The number of rotatable bonds is 10. The minimum atomic E-state index is -4.67. The number of hydrogen-bond acceptors (Lipinski definition) is 7. The van der Waals surface area contributed by atoms with Crippen LogP contribution >= 0.6 is 26.8 Å². The molecular formula is C22H26ClN3O7P2. The van der Waals surface area contributed by atoms with Crippen molar-refractivity contribution in [3.63, 3.8) is 0 Å². The van der Waals surface area contributed by atoms with Crippen LogP contribution in [0.2, 0.25) is 5.28 Å². The van der Waals surface area contributed by atoms with E-state index in [1.807, 2.05) is 36.4 Å². The number of aromatic nitrogens is 2. The van der Waals surface area contributed by atoms with Crippen LogP contribution in [0.4, 0.5) is 5.82 Å². The zero-order valence-electron chi connectivity index (χ0n) is 18.7. The Labute approximate surface area is 207 Å². The van der Waals surface area contributed by atoms with Gasteiger partial charge in [-0.05, 0) is 54.1 Å². The zero-order chi connectivity index (χ0) is 25.1. The lowest BCUT2D eigenvalue weighted by atomic mass is 10.0. The summed E-state index contributed by atoms with van der Waals surface area (Å²) in [6.07, 6.45) is 1.29. The van der Waals surface area contributed by atoms with Gasteiger partial charge in [-0.2, -0.15) is 0 Å². The van der Waals surface area contributed by atoms with Crippen LogP contribution in [-0.4, -0.2) is 49.8 Å². The normalized spacial score (nSPS) is 20.1. The van der Waals surface area contributed by atoms with Gasteiger partial charge in [0.2, 0.25) is 5.28 Å². The van der Waals surface area contributed by atoms with Crippen molar-refractivity contribution in [3.05, 3.63) is 64.9 Å². The molecule has 0 spiro atoms. The van der Waals surface area contributed by atoms with E-state index in [4.69, 9.17) is 30.6 Å². The first kappa shape index (κ1) is 26.2. The Balaban J connectivity index is 1.39. The fourth-order valence-corrected chi connectivity index (χ4v) is 6.73. The van der Waals surface area contributed by atoms with Gasteiger partial charge in [-0.15, -0.1) is 0 Å². The summed E-state index contributed by atoms with van der Waals surface area (Å²) in [5, 5.41) is 4.28. The second kappa shape index (κ2) is 11.0. The Kier molecular flexibility index (Phi) is 8.26. The third-order valence-corrected chi connectivity index (χ3v) is 9.17. The van der Waals surface area contributed by atoms with E-state index >= 15 is 0 Å². The summed E-state index contributed by atoms with van der Waals surface area (Å²) >= 11 is 6.17. The summed E-state index contributed by atoms with van der Waals surface area (Å²) in [6, 6.07) is 15.8. The highest BCUT2D eigenvalue weighted by Gasteiger charge is 2.34. The molecule has 2 aromatic carbocycles. The fraction of sp³-hybridized carbons (Fsp3) is 0.364. The highest BCUT2D eigenvalue weighted by atomic mass is 35.5. The summed E-state index contributed by atoms with van der Waals surface area (Å²) in [4.78, 5) is 36.1. The molecule has 1 fully saturated rings. The van der Waals surface area contributed by atoms with Crippen LogP contribution in [0.5, 0.6) is 0 Å². The van der Waals surface area contributed by atoms with Gasteiger partial charge < -0.3 is 29.3 Å². The first-order valence-corrected chi connectivity index (χ1v) is 14.9. The quantitative estimate of drug-likeness (QED) is 0.213. The smallest absolute Gasteiger partial charge is 0.340 e. The SMILES string of the molecule is O=P(O)(O)CP(=O)(O)OC[C@@H]1CC[C@H](c2ccc3c(NCCc4ccccc4)nc(Cl)nc3c2)O1. The molecule has 0 aliphatic carbocycles. The largest absolute Gasteiger partial charge is 0.369 e. The molecule has 1 unspecified atom stereocenters. The van der Waals surface area contributed by atoms with Crippen molar-refractivity contribution in [2.75, 3.05) is 24.4 Å². The van der Waals surface area contributed by atoms with Crippen molar-refractivity contribution in [2.45, 2.75) is 31.5 Å². The minimum absolute atomic E-state index is 0.124. The second-order valence-corrected chi connectivity index (χ2v) is 12.7. The number of nitrogens with one attached hydrogen (secondary N) is 1. The highest BCUT2D eigenvalue weighted by Crippen LogP contribution is 2.55. The third-order valence-electron chi connectivity index (χ3n) is 5.55. The van der Waals surface area contributed by atoms with Crippen molar-refractivity contribution >= 4 is 43.5 Å². The Hall–Kier alpha value is -1.87. The number of halogens is 1. The summed E-state index contributed by atoms with van der Waals surface area (Å²) in [6.45, 7) is 0.444. The molecule has 13 heteroatoms.